The normalized spacial score (nSPS) is 14.4. The molecule has 5 nitrogen and oxygen atoms in total. The SMILES string of the molecule is C[C@H](CCC(=O)OCc1ccccc1)N1C(=O)c2ccccc2C1=O. The van der Waals surface area contributed by atoms with Crippen molar-refractivity contribution in [3.63, 3.8) is 0 Å². The molecule has 0 aliphatic carbocycles. The maximum atomic E-state index is 12.4. The van der Waals surface area contributed by atoms with E-state index in [1.165, 1.54) is 4.90 Å². The lowest BCUT2D eigenvalue weighted by Crippen LogP contribution is -2.38. The van der Waals surface area contributed by atoms with Crippen LogP contribution in [0.4, 0.5) is 0 Å². The molecule has 3 rings (SSSR count). The maximum Gasteiger partial charge on any atom is 0.306 e. The molecule has 0 spiro atoms. The maximum absolute atomic E-state index is 12.4. The van der Waals surface area contributed by atoms with Gasteiger partial charge in [-0.25, -0.2) is 0 Å². The van der Waals surface area contributed by atoms with Crippen LogP contribution in [0.1, 0.15) is 46.0 Å². The van der Waals surface area contributed by atoms with Crippen molar-refractivity contribution in [2.24, 2.45) is 0 Å². The summed E-state index contributed by atoms with van der Waals surface area (Å²) < 4.78 is 5.23. The van der Waals surface area contributed by atoms with E-state index in [1.807, 2.05) is 30.3 Å². The molecule has 0 saturated heterocycles. The molecule has 1 heterocycles. The summed E-state index contributed by atoms with van der Waals surface area (Å²) in [5.74, 6) is -0.941. The van der Waals surface area contributed by atoms with Crippen molar-refractivity contribution < 1.29 is 19.1 Å². The molecule has 0 saturated carbocycles. The Balaban J connectivity index is 1.53. The summed E-state index contributed by atoms with van der Waals surface area (Å²) in [7, 11) is 0. The molecule has 0 radical (unpaired) electrons. The largest absolute Gasteiger partial charge is 0.461 e. The van der Waals surface area contributed by atoms with Gasteiger partial charge in [-0.1, -0.05) is 42.5 Å². The summed E-state index contributed by atoms with van der Waals surface area (Å²) in [5.41, 5.74) is 1.77. The van der Waals surface area contributed by atoms with Crippen molar-refractivity contribution in [2.75, 3.05) is 0 Å². The summed E-state index contributed by atoms with van der Waals surface area (Å²) >= 11 is 0. The zero-order chi connectivity index (χ0) is 17.8. The van der Waals surface area contributed by atoms with E-state index in [-0.39, 0.29) is 36.9 Å². The minimum absolute atomic E-state index is 0.154. The van der Waals surface area contributed by atoms with Gasteiger partial charge in [0.1, 0.15) is 6.61 Å². The van der Waals surface area contributed by atoms with Crippen molar-refractivity contribution in [1.82, 2.24) is 4.90 Å². The van der Waals surface area contributed by atoms with Crippen LogP contribution in [0, 0.1) is 0 Å². The number of imide groups is 1. The predicted octanol–water partition coefficient (Wildman–Crippen LogP) is 3.19. The van der Waals surface area contributed by atoms with Gasteiger partial charge in [-0.3, -0.25) is 19.3 Å². The molecule has 5 heteroatoms. The van der Waals surface area contributed by atoms with Gasteiger partial charge >= 0.3 is 5.97 Å². The van der Waals surface area contributed by atoms with Crippen molar-refractivity contribution in [1.29, 1.82) is 0 Å². The fraction of sp³-hybridized carbons (Fsp3) is 0.250. The molecule has 0 N–H and O–H groups in total. The fourth-order valence-corrected chi connectivity index (χ4v) is 2.87. The van der Waals surface area contributed by atoms with Crippen molar-refractivity contribution in [3.05, 3.63) is 71.3 Å². The van der Waals surface area contributed by atoms with Crippen molar-refractivity contribution in [3.8, 4) is 0 Å². The highest BCUT2D eigenvalue weighted by Crippen LogP contribution is 2.25. The molecular formula is C20H19NO4. The standard InChI is InChI=1S/C20H19NO4/c1-14(11-12-18(22)25-13-15-7-3-2-4-8-15)21-19(23)16-9-5-6-10-17(16)20(21)24/h2-10,14H,11-13H2,1H3/t14-/m1/s1. The minimum atomic E-state index is -0.364. The third-order valence-corrected chi connectivity index (χ3v) is 4.28. The van der Waals surface area contributed by atoms with E-state index in [2.05, 4.69) is 0 Å². The Morgan fingerprint density at radius 2 is 1.52 bits per heavy atom. The number of benzene rings is 2. The zero-order valence-corrected chi connectivity index (χ0v) is 14.0. The lowest BCUT2D eigenvalue weighted by molar-refractivity contribution is -0.145. The van der Waals surface area contributed by atoms with Crippen molar-refractivity contribution in [2.45, 2.75) is 32.4 Å². The number of amides is 2. The van der Waals surface area contributed by atoms with E-state index < -0.39 is 0 Å². The van der Waals surface area contributed by atoms with E-state index in [4.69, 9.17) is 4.74 Å². The van der Waals surface area contributed by atoms with Gasteiger partial charge in [0.2, 0.25) is 0 Å². The Hall–Kier alpha value is -2.95. The van der Waals surface area contributed by atoms with Crippen LogP contribution in [0.15, 0.2) is 54.6 Å². The van der Waals surface area contributed by atoms with Gasteiger partial charge in [0.05, 0.1) is 11.1 Å². The Labute approximate surface area is 146 Å². The molecule has 2 aromatic rings. The minimum Gasteiger partial charge on any atom is -0.461 e. The van der Waals surface area contributed by atoms with E-state index >= 15 is 0 Å². The monoisotopic (exact) mass is 337 g/mol. The van der Waals surface area contributed by atoms with Gasteiger partial charge in [0.25, 0.3) is 11.8 Å². The molecule has 1 aliphatic rings. The van der Waals surface area contributed by atoms with Crippen LogP contribution in [0.25, 0.3) is 0 Å². The lowest BCUT2D eigenvalue weighted by Gasteiger charge is -2.22. The number of fused-ring (bicyclic) bond motifs is 1. The van der Waals surface area contributed by atoms with Crippen LogP contribution in [0.3, 0.4) is 0 Å². The highest BCUT2D eigenvalue weighted by molar-refractivity contribution is 6.21. The molecule has 2 aromatic carbocycles. The molecule has 0 aromatic heterocycles. The smallest absolute Gasteiger partial charge is 0.306 e. The number of carbonyl (C=O) groups excluding carboxylic acids is 3. The number of ether oxygens (including phenoxy) is 1. The topological polar surface area (TPSA) is 63.7 Å². The number of rotatable bonds is 6. The first-order chi connectivity index (χ1) is 12.1. The molecule has 0 unspecified atom stereocenters. The molecule has 2 amide bonds. The van der Waals surface area contributed by atoms with E-state index in [0.29, 0.717) is 17.5 Å². The molecule has 1 atom stereocenters. The summed E-state index contributed by atoms with van der Waals surface area (Å²) in [6.45, 7) is 1.99. The van der Waals surface area contributed by atoms with Crippen LogP contribution in [-0.4, -0.2) is 28.7 Å². The van der Waals surface area contributed by atoms with E-state index in [9.17, 15) is 14.4 Å². The Morgan fingerprint density at radius 3 is 2.12 bits per heavy atom. The number of hydrogen-bond donors (Lipinski definition) is 0. The summed E-state index contributed by atoms with van der Waals surface area (Å²) in [4.78, 5) is 37.9. The first kappa shape index (κ1) is 16.9. The van der Waals surface area contributed by atoms with Crippen LogP contribution in [0.5, 0.6) is 0 Å². The third kappa shape index (κ3) is 3.60. The van der Waals surface area contributed by atoms with Crippen LogP contribution < -0.4 is 0 Å². The number of esters is 1. The highest BCUT2D eigenvalue weighted by Gasteiger charge is 2.37. The number of hydrogen-bond acceptors (Lipinski definition) is 4. The zero-order valence-electron chi connectivity index (χ0n) is 14.0. The van der Waals surface area contributed by atoms with Crippen LogP contribution in [-0.2, 0) is 16.1 Å². The average Bonchev–Trinajstić information content (AvgIpc) is 2.90. The Morgan fingerprint density at radius 1 is 0.960 bits per heavy atom. The first-order valence-electron chi connectivity index (χ1n) is 8.24. The molecule has 25 heavy (non-hydrogen) atoms. The molecule has 128 valence electrons. The van der Waals surface area contributed by atoms with Gasteiger partial charge in [-0.2, -0.15) is 0 Å². The summed E-state index contributed by atoms with van der Waals surface area (Å²) in [6.07, 6.45) is 0.528. The van der Waals surface area contributed by atoms with Gasteiger partial charge in [-0.15, -0.1) is 0 Å². The van der Waals surface area contributed by atoms with Gasteiger partial charge in [-0.05, 0) is 31.0 Å². The molecule has 1 aliphatic heterocycles. The third-order valence-electron chi connectivity index (χ3n) is 4.28. The summed E-state index contributed by atoms with van der Waals surface area (Å²) in [6, 6.07) is 15.8. The van der Waals surface area contributed by atoms with Crippen molar-refractivity contribution >= 4 is 17.8 Å². The quantitative estimate of drug-likeness (QED) is 0.600. The second-order valence-electron chi connectivity index (χ2n) is 6.06. The lowest BCUT2D eigenvalue weighted by atomic mass is 10.1. The molecule has 0 bridgehead atoms. The average molecular weight is 337 g/mol. The van der Waals surface area contributed by atoms with Crippen LogP contribution in [0.2, 0.25) is 0 Å². The van der Waals surface area contributed by atoms with E-state index in [0.717, 1.165) is 5.56 Å². The second-order valence-corrected chi connectivity index (χ2v) is 6.06. The van der Waals surface area contributed by atoms with E-state index in [1.54, 1.807) is 31.2 Å². The molecular weight excluding hydrogens is 318 g/mol. The summed E-state index contributed by atoms with van der Waals surface area (Å²) in [5, 5.41) is 0. The fourth-order valence-electron chi connectivity index (χ4n) is 2.87. The van der Waals surface area contributed by atoms with Gasteiger partial charge in [0.15, 0.2) is 0 Å². The Bertz CT molecular complexity index is 765. The molecule has 0 fully saturated rings. The van der Waals surface area contributed by atoms with Crippen LogP contribution >= 0.6 is 0 Å². The first-order valence-corrected chi connectivity index (χ1v) is 8.24. The number of carbonyl (C=O) groups is 3. The Kier molecular flexibility index (Phi) is 4.93. The number of nitrogens with zero attached hydrogens (tertiary/aromatic N) is 1. The predicted molar refractivity (Wildman–Crippen MR) is 91.9 cm³/mol. The van der Waals surface area contributed by atoms with Gasteiger partial charge in [0, 0.05) is 12.5 Å². The van der Waals surface area contributed by atoms with Gasteiger partial charge < -0.3 is 4.74 Å². The highest BCUT2D eigenvalue weighted by atomic mass is 16.5. The second kappa shape index (κ2) is 7.30.